The van der Waals surface area contributed by atoms with Crippen molar-refractivity contribution in [1.29, 1.82) is 0 Å². The van der Waals surface area contributed by atoms with Crippen LogP contribution < -0.4 is 10.6 Å². The number of benzene rings is 1. The maximum atomic E-state index is 11.9. The molecule has 0 atom stereocenters. The zero-order valence-corrected chi connectivity index (χ0v) is 9.94. The summed E-state index contributed by atoms with van der Waals surface area (Å²) in [5, 5.41) is 16.4. The summed E-state index contributed by atoms with van der Waals surface area (Å²) in [6, 6.07) is 5.65. The monoisotopic (exact) mass is 245 g/mol. The number of para-hydroxylation sites is 1. The fourth-order valence-corrected chi connectivity index (χ4v) is 2.38. The molecule has 0 bridgehead atoms. The molecule has 1 heterocycles. The molecule has 1 fully saturated rings. The summed E-state index contributed by atoms with van der Waals surface area (Å²) in [4.78, 5) is 11.9. The van der Waals surface area contributed by atoms with Gasteiger partial charge in [0, 0.05) is 6.04 Å². The molecule has 94 valence electrons. The third kappa shape index (κ3) is 2.13. The Morgan fingerprint density at radius 1 is 1.28 bits per heavy atom. The molecule has 1 aromatic carbocycles. The van der Waals surface area contributed by atoms with E-state index in [0.717, 1.165) is 18.4 Å². The molecular formula is C12H15N5O. The summed E-state index contributed by atoms with van der Waals surface area (Å²) >= 11 is 0. The second-order valence-electron chi connectivity index (χ2n) is 4.58. The lowest BCUT2D eigenvalue weighted by molar-refractivity contribution is 0.248. The number of nitrogens with one attached hydrogen (secondary N) is 3. The van der Waals surface area contributed by atoms with E-state index in [4.69, 9.17) is 0 Å². The molecule has 3 N–H and O–H groups in total. The first-order chi connectivity index (χ1) is 8.83. The second kappa shape index (κ2) is 4.64. The van der Waals surface area contributed by atoms with Crippen molar-refractivity contribution in [2.24, 2.45) is 0 Å². The molecule has 3 rings (SSSR count). The van der Waals surface area contributed by atoms with Crippen LogP contribution in [0.1, 0.15) is 25.7 Å². The summed E-state index contributed by atoms with van der Waals surface area (Å²) in [5.74, 6) is 0. The Morgan fingerprint density at radius 3 is 2.94 bits per heavy atom. The van der Waals surface area contributed by atoms with Crippen LogP contribution in [0.15, 0.2) is 18.2 Å². The number of rotatable bonds is 2. The molecule has 2 amide bonds. The van der Waals surface area contributed by atoms with Crippen LogP contribution in [0, 0.1) is 0 Å². The van der Waals surface area contributed by atoms with Gasteiger partial charge in [-0.3, -0.25) is 0 Å². The molecule has 0 radical (unpaired) electrons. The molecule has 1 saturated carbocycles. The fraction of sp³-hybridized carbons (Fsp3) is 0.417. The van der Waals surface area contributed by atoms with Gasteiger partial charge in [0.15, 0.2) is 0 Å². The summed E-state index contributed by atoms with van der Waals surface area (Å²) in [6.45, 7) is 0. The van der Waals surface area contributed by atoms with E-state index in [1.807, 2.05) is 18.2 Å². The van der Waals surface area contributed by atoms with E-state index < -0.39 is 0 Å². The quantitative estimate of drug-likeness (QED) is 0.757. The van der Waals surface area contributed by atoms with Crippen molar-refractivity contribution in [3.8, 4) is 0 Å². The minimum absolute atomic E-state index is 0.169. The van der Waals surface area contributed by atoms with Crippen molar-refractivity contribution >= 4 is 22.8 Å². The number of carbonyl (C=O) groups excluding carboxylic acids is 1. The highest BCUT2D eigenvalue weighted by Gasteiger charge is 2.17. The molecule has 0 saturated heterocycles. The molecule has 6 nitrogen and oxygen atoms in total. The third-order valence-electron chi connectivity index (χ3n) is 3.29. The van der Waals surface area contributed by atoms with Crippen molar-refractivity contribution < 1.29 is 4.79 Å². The van der Waals surface area contributed by atoms with Crippen molar-refractivity contribution in [3.05, 3.63) is 18.2 Å². The van der Waals surface area contributed by atoms with Gasteiger partial charge in [-0.25, -0.2) is 4.79 Å². The lowest BCUT2D eigenvalue weighted by Crippen LogP contribution is -2.36. The third-order valence-corrected chi connectivity index (χ3v) is 3.29. The summed E-state index contributed by atoms with van der Waals surface area (Å²) in [7, 11) is 0. The van der Waals surface area contributed by atoms with E-state index in [2.05, 4.69) is 26.0 Å². The highest BCUT2D eigenvalue weighted by atomic mass is 16.2. The number of nitrogens with zero attached hydrogens (tertiary/aromatic N) is 2. The molecule has 18 heavy (non-hydrogen) atoms. The average Bonchev–Trinajstić information content (AvgIpc) is 2.99. The van der Waals surface area contributed by atoms with Crippen LogP contribution in [-0.2, 0) is 0 Å². The van der Waals surface area contributed by atoms with E-state index in [1.165, 1.54) is 12.8 Å². The molecular weight excluding hydrogens is 230 g/mol. The molecule has 6 heteroatoms. The Balaban J connectivity index is 1.71. The van der Waals surface area contributed by atoms with Crippen LogP contribution in [0.4, 0.5) is 10.5 Å². The normalized spacial score (nSPS) is 16.0. The van der Waals surface area contributed by atoms with Gasteiger partial charge >= 0.3 is 6.03 Å². The summed E-state index contributed by atoms with van der Waals surface area (Å²) in [6.07, 6.45) is 4.54. The Morgan fingerprint density at radius 2 is 2.11 bits per heavy atom. The molecule has 1 aliphatic carbocycles. The maximum Gasteiger partial charge on any atom is 0.319 e. The van der Waals surface area contributed by atoms with E-state index in [-0.39, 0.29) is 6.03 Å². The molecule has 0 aliphatic heterocycles. The van der Waals surface area contributed by atoms with Crippen LogP contribution >= 0.6 is 0 Å². The standard InChI is InChI=1S/C12H15N5O/c18-12(13-8-4-1-2-5-8)14-9-6-3-7-10-11(9)16-17-15-10/h3,6-8H,1-2,4-5H2,(H2,13,14,18)(H,15,16,17). The summed E-state index contributed by atoms with van der Waals surface area (Å²) in [5.41, 5.74) is 2.10. The number of H-pyrrole nitrogens is 1. The zero-order chi connectivity index (χ0) is 12.4. The first-order valence-electron chi connectivity index (χ1n) is 6.20. The van der Waals surface area contributed by atoms with Crippen LogP contribution in [-0.4, -0.2) is 27.5 Å². The van der Waals surface area contributed by atoms with Crippen LogP contribution in [0.3, 0.4) is 0 Å². The maximum absolute atomic E-state index is 11.9. The van der Waals surface area contributed by atoms with Crippen LogP contribution in [0.25, 0.3) is 11.0 Å². The summed E-state index contributed by atoms with van der Waals surface area (Å²) < 4.78 is 0. The highest BCUT2D eigenvalue weighted by molar-refractivity contribution is 5.98. The molecule has 2 aromatic rings. The lowest BCUT2D eigenvalue weighted by Gasteiger charge is -2.12. The minimum atomic E-state index is -0.169. The van der Waals surface area contributed by atoms with Gasteiger partial charge in [0.25, 0.3) is 0 Å². The second-order valence-corrected chi connectivity index (χ2v) is 4.58. The van der Waals surface area contributed by atoms with Crippen LogP contribution in [0.5, 0.6) is 0 Å². The van der Waals surface area contributed by atoms with Crippen molar-refractivity contribution in [3.63, 3.8) is 0 Å². The van der Waals surface area contributed by atoms with Gasteiger partial charge in [-0.15, -0.1) is 0 Å². The number of carbonyl (C=O) groups is 1. The Bertz CT molecular complexity index is 558. The average molecular weight is 245 g/mol. The zero-order valence-electron chi connectivity index (χ0n) is 9.94. The topological polar surface area (TPSA) is 82.7 Å². The molecule has 1 aromatic heterocycles. The van der Waals surface area contributed by atoms with E-state index >= 15 is 0 Å². The van der Waals surface area contributed by atoms with Crippen molar-refractivity contribution in [2.45, 2.75) is 31.7 Å². The Labute approximate surface area is 104 Å². The SMILES string of the molecule is O=C(Nc1cccc2n[nH]nc12)NC1CCCC1. The number of hydrogen-bond donors (Lipinski definition) is 3. The number of fused-ring (bicyclic) bond motifs is 1. The molecule has 0 unspecified atom stereocenters. The predicted molar refractivity (Wildman–Crippen MR) is 68.3 cm³/mol. The lowest BCUT2D eigenvalue weighted by atomic mass is 10.2. The van der Waals surface area contributed by atoms with Gasteiger partial charge in [0.2, 0.25) is 0 Å². The van der Waals surface area contributed by atoms with Crippen LogP contribution in [0.2, 0.25) is 0 Å². The minimum Gasteiger partial charge on any atom is -0.335 e. The molecule has 0 spiro atoms. The van der Waals surface area contributed by atoms with Gasteiger partial charge in [-0.05, 0) is 25.0 Å². The fourth-order valence-electron chi connectivity index (χ4n) is 2.38. The molecule has 1 aliphatic rings. The van der Waals surface area contributed by atoms with Gasteiger partial charge in [-0.2, -0.15) is 15.4 Å². The number of hydrogen-bond acceptors (Lipinski definition) is 3. The number of amides is 2. The van der Waals surface area contributed by atoms with Gasteiger partial charge < -0.3 is 10.6 Å². The number of urea groups is 1. The number of anilines is 1. The number of aromatic nitrogens is 3. The smallest absolute Gasteiger partial charge is 0.319 e. The van der Waals surface area contributed by atoms with Crippen molar-refractivity contribution in [2.75, 3.05) is 5.32 Å². The van der Waals surface area contributed by atoms with Gasteiger partial charge in [0.1, 0.15) is 11.0 Å². The first kappa shape index (κ1) is 11.0. The van der Waals surface area contributed by atoms with E-state index in [9.17, 15) is 4.79 Å². The van der Waals surface area contributed by atoms with Gasteiger partial charge in [-0.1, -0.05) is 18.9 Å². The largest absolute Gasteiger partial charge is 0.335 e. The van der Waals surface area contributed by atoms with Crippen molar-refractivity contribution in [1.82, 2.24) is 20.7 Å². The van der Waals surface area contributed by atoms with E-state index in [0.29, 0.717) is 17.2 Å². The Kier molecular flexibility index (Phi) is 2.84. The highest BCUT2D eigenvalue weighted by Crippen LogP contribution is 2.20. The van der Waals surface area contributed by atoms with E-state index in [1.54, 1.807) is 0 Å². The first-order valence-corrected chi connectivity index (χ1v) is 6.20. The Hall–Kier alpha value is -2.11. The number of aromatic amines is 1. The predicted octanol–water partition coefficient (Wildman–Crippen LogP) is 2.02. The van der Waals surface area contributed by atoms with Gasteiger partial charge in [0.05, 0.1) is 5.69 Å².